The largest absolute Gasteiger partial charge is 0.493 e. The van der Waals surface area contributed by atoms with Crippen molar-refractivity contribution in [3.05, 3.63) is 52.9 Å². The van der Waals surface area contributed by atoms with Gasteiger partial charge in [0.1, 0.15) is 5.65 Å². The lowest BCUT2D eigenvalue weighted by Gasteiger charge is -2.35. The highest BCUT2D eigenvalue weighted by Crippen LogP contribution is 2.31. The number of piperazine rings is 1. The summed E-state index contributed by atoms with van der Waals surface area (Å²) in [4.78, 5) is 22.3. The third-order valence-corrected chi connectivity index (χ3v) is 5.51. The first kappa shape index (κ1) is 19.3. The molecule has 0 unspecified atom stereocenters. The van der Waals surface area contributed by atoms with Crippen LogP contribution in [0, 0.1) is 0 Å². The molecule has 29 heavy (non-hydrogen) atoms. The molecule has 0 N–H and O–H groups in total. The minimum absolute atomic E-state index is 0.103. The van der Waals surface area contributed by atoms with Gasteiger partial charge >= 0.3 is 0 Å². The Bertz CT molecular complexity index is 1070. The molecule has 3 aromatic rings. The number of ether oxygens (including phenoxy) is 2. The Kier molecular flexibility index (Phi) is 5.40. The zero-order chi connectivity index (χ0) is 20.4. The van der Waals surface area contributed by atoms with Crippen LogP contribution in [0.3, 0.4) is 0 Å². The number of pyridine rings is 1. The van der Waals surface area contributed by atoms with E-state index in [0.29, 0.717) is 22.8 Å². The molecule has 0 saturated carbocycles. The Morgan fingerprint density at radius 1 is 0.966 bits per heavy atom. The molecule has 7 heteroatoms. The van der Waals surface area contributed by atoms with Crippen molar-refractivity contribution in [2.75, 3.05) is 51.8 Å². The van der Waals surface area contributed by atoms with E-state index in [0.717, 1.165) is 44.0 Å². The van der Waals surface area contributed by atoms with Gasteiger partial charge in [0.25, 0.3) is 5.56 Å². The van der Waals surface area contributed by atoms with E-state index in [1.165, 1.54) is 0 Å². The molecule has 152 valence electrons. The number of hydrogen-bond donors (Lipinski definition) is 0. The molecule has 0 spiro atoms. The summed E-state index contributed by atoms with van der Waals surface area (Å²) in [6.07, 6.45) is 1.89. The number of nitrogens with zero attached hydrogens (tertiary/aromatic N) is 4. The van der Waals surface area contributed by atoms with Crippen molar-refractivity contribution in [3.8, 4) is 22.8 Å². The van der Waals surface area contributed by atoms with E-state index in [1.807, 2.05) is 36.5 Å². The van der Waals surface area contributed by atoms with Crippen LogP contribution in [0.25, 0.3) is 16.9 Å². The summed E-state index contributed by atoms with van der Waals surface area (Å²) in [5, 5.41) is 0. The van der Waals surface area contributed by atoms with Crippen LogP contribution in [0.15, 0.2) is 47.4 Å². The summed E-state index contributed by atoms with van der Waals surface area (Å²) in [6.45, 7) is 7.27. The predicted molar refractivity (Wildman–Crippen MR) is 114 cm³/mol. The molecule has 1 aliphatic heterocycles. The lowest BCUT2D eigenvalue weighted by Crippen LogP contribution is -2.46. The number of benzene rings is 1. The number of likely N-dealkylation sites (N-methyl/N-ethyl adjacent to an activating group) is 1. The number of aromatic nitrogens is 2. The first-order valence-corrected chi connectivity index (χ1v) is 9.86. The monoisotopic (exact) mass is 394 g/mol. The second-order valence-corrected chi connectivity index (χ2v) is 7.09. The third-order valence-electron chi connectivity index (χ3n) is 5.51. The summed E-state index contributed by atoms with van der Waals surface area (Å²) in [7, 11) is 3.18. The molecule has 0 amide bonds. The molecule has 4 rings (SSSR count). The molecule has 1 aromatic carbocycles. The highest BCUT2D eigenvalue weighted by Gasteiger charge is 2.17. The average molecular weight is 394 g/mol. The van der Waals surface area contributed by atoms with Crippen LogP contribution in [0.5, 0.6) is 11.5 Å². The number of hydrogen-bond acceptors (Lipinski definition) is 6. The van der Waals surface area contributed by atoms with Crippen LogP contribution in [-0.2, 0) is 0 Å². The SMILES string of the molecule is CCN1CCN(c2ccc3nc(-c4ccc(OC)c(OC)c4)cc(=O)n3c2)CC1. The van der Waals surface area contributed by atoms with Gasteiger partial charge < -0.3 is 19.3 Å². The van der Waals surface area contributed by atoms with E-state index in [4.69, 9.17) is 9.47 Å². The van der Waals surface area contributed by atoms with E-state index in [1.54, 1.807) is 24.7 Å². The zero-order valence-electron chi connectivity index (χ0n) is 17.1. The second-order valence-electron chi connectivity index (χ2n) is 7.09. The molecule has 3 heterocycles. The molecule has 1 fully saturated rings. The van der Waals surface area contributed by atoms with Gasteiger partial charge in [-0.2, -0.15) is 0 Å². The first-order chi connectivity index (χ1) is 14.1. The van der Waals surface area contributed by atoms with E-state index >= 15 is 0 Å². The van der Waals surface area contributed by atoms with Crippen LogP contribution in [0.4, 0.5) is 5.69 Å². The fourth-order valence-electron chi connectivity index (χ4n) is 3.74. The molecule has 1 aliphatic rings. The summed E-state index contributed by atoms with van der Waals surface area (Å²) in [6, 6.07) is 11.0. The predicted octanol–water partition coefficient (Wildman–Crippen LogP) is 2.52. The van der Waals surface area contributed by atoms with Crippen LogP contribution < -0.4 is 19.9 Å². The fourth-order valence-corrected chi connectivity index (χ4v) is 3.74. The summed E-state index contributed by atoms with van der Waals surface area (Å²) >= 11 is 0. The number of methoxy groups -OCH3 is 2. The van der Waals surface area contributed by atoms with Crippen LogP contribution in [-0.4, -0.2) is 61.2 Å². The molecule has 2 aromatic heterocycles. The molecular weight excluding hydrogens is 368 g/mol. The quantitative estimate of drug-likeness (QED) is 0.663. The van der Waals surface area contributed by atoms with E-state index in [-0.39, 0.29) is 5.56 Å². The zero-order valence-corrected chi connectivity index (χ0v) is 17.1. The van der Waals surface area contributed by atoms with Gasteiger partial charge in [-0.1, -0.05) is 6.92 Å². The van der Waals surface area contributed by atoms with E-state index in [9.17, 15) is 4.79 Å². The van der Waals surface area contributed by atoms with Gasteiger partial charge in [0, 0.05) is 44.0 Å². The maximum absolute atomic E-state index is 12.8. The maximum atomic E-state index is 12.8. The van der Waals surface area contributed by atoms with Crippen LogP contribution >= 0.6 is 0 Å². The Labute approximate surface area is 170 Å². The van der Waals surface area contributed by atoms with Crippen LogP contribution in [0.1, 0.15) is 6.92 Å². The van der Waals surface area contributed by atoms with Crippen molar-refractivity contribution in [2.24, 2.45) is 0 Å². The van der Waals surface area contributed by atoms with Gasteiger partial charge in [0.2, 0.25) is 0 Å². The number of fused-ring (bicyclic) bond motifs is 1. The van der Waals surface area contributed by atoms with Gasteiger partial charge in [-0.05, 0) is 36.9 Å². The first-order valence-electron chi connectivity index (χ1n) is 9.86. The van der Waals surface area contributed by atoms with Crippen LogP contribution in [0.2, 0.25) is 0 Å². The Morgan fingerprint density at radius 2 is 1.72 bits per heavy atom. The molecular formula is C22H26N4O3. The number of anilines is 1. The lowest BCUT2D eigenvalue weighted by atomic mass is 10.1. The van der Waals surface area contributed by atoms with Crippen molar-refractivity contribution in [1.82, 2.24) is 14.3 Å². The normalized spacial score (nSPS) is 14.9. The summed E-state index contributed by atoms with van der Waals surface area (Å²) in [5.41, 5.74) is 2.99. The average Bonchev–Trinajstić information content (AvgIpc) is 2.78. The van der Waals surface area contributed by atoms with Crippen molar-refractivity contribution in [2.45, 2.75) is 6.92 Å². The molecule has 0 radical (unpaired) electrons. The minimum Gasteiger partial charge on any atom is -0.493 e. The van der Waals surface area contributed by atoms with E-state index in [2.05, 4.69) is 21.7 Å². The topological polar surface area (TPSA) is 59.3 Å². The molecule has 0 aliphatic carbocycles. The fraction of sp³-hybridized carbons (Fsp3) is 0.364. The summed E-state index contributed by atoms with van der Waals surface area (Å²) < 4.78 is 12.3. The van der Waals surface area contributed by atoms with Crippen molar-refractivity contribution in [1.29, 1.82) is 0 Å². The van der Waals surface area contributed by atoms with Crippen molar-refractivity contribution < 1.29 is 9.47 Å². The minimum atomic E-state index is -0.103. The van der Waals surface area contributed by atoms with E-state index < -0.39 is 0 Å². The Morgan fingerprint density at radius 3 is 2.41 bits per heavy atom. The van der Waals surface area contributed by atoms with Gasteiger partial charge in [0.05, 0.1) is 25.6 Å². The molecule has 7 nitrogen and oxygen atoms in total. The molecule has 1 saturated heterocycles. The van der Waals surface area contributed by atoms with Crippen molar-refractivity contribution in [3.63, 3.8) is 0 Å². The maximum Gasteiger partial charge on any atom is 0.258 e. The van der Waals surface area contributed by atoms with Gasteiger partial charge in [-0.15, -0.1) is 0 Å². The summed E-state index contributed by atoms with van der Waals surface area (Å²) in [5.74, 6) is 1.25. The molecule has 0 bridgehead atoms. The van der Waals surface area contributed by atoms with Gasteiger partial charge in [-0.25, -0.2) is 4.98 Å². The smallest absolute Gasteiger partial charge is 0.258 e. The second kappa shape index (κ2) is 8.13. The van der Waals surface area contributed by atoms with Gasteiger partial charge in [0.15, 0.2) is 11.5 Å². The highest BCUT2D eigenvalue weighted by molar-refractivity contribution is 5.66. The van der Waals surface area contributed by atoms with Crippen molar-refractivity contribution >= 4 is 11.3 Å². The lowest BCUT2D eigenvalue weighted by molar-refractivity contribution is 0.271. The Hall–Kier alpha value is -3.06. The standard InChI is InChI=1S/C22H26N4O3/c1-4-24-9-11-25(12-10-24)17-6-8-21-23-18(14-22(27)26(21)15-17)16-5-7-19(28-2)20(13-16)29-3/h5-8,13-15H,4,9-12H2,1-3H3. The highest BCUT2D eigenvalue weighted by atomic mass is 16.5. The Balaban J connectivity index is 1.67. The number of rotatable bonds is 5. The molecule has 0 atom stereocenters. The van der Waals surface area contributed by atoms with Gasteiger partial charge in [-0.3, -0.25) is 9.20 Å². The third kappa shape index (κ3) is 3.78.